The maximum absolute atomic E-state index is 16.3. The Morgan fingerprint density at radius 3 is 1.91 bits per heavy atom. The molecule has 7 aromatic carbocycles. The van der Waals surface area contributed by atoms with Gasteiger partial charge in [-0.15, -0.1) is 0 Å². The van der Waals surface area contributed by atoms with E-state index in [1.165, 1.54) is 0 Å². The summed E-state index contributed by atoms with van der Waals surface area (Å²) >= 11 is 0. The van der Waals surface area contributed by atoms with Gasteiger partial charge in [-0.05, 0) is 39.6 Å². The monoisotopic (exact) mass is 567 g/mol. The summed E-state index contributed by atoms with van der Waals surface area (Å²) in [7, 11) is -3.30. The van der Waals surface area contributed by atoms with E-state index in [1.54, 1.807) is 0 Å². The summed E-state index contributed by atoms with van der Waals surface area (Å²) < 4.78 is 18.7. The van der Waals surface area contributed by atoms with Gasteiger partial charge in [0.1, 0.15) is 0 Å². The Hall–Kier alpha value is -5.17. The van der Waals surface area contributed by atoms with E-state index in [1.807, 2.05) is 30.3 Å². The molecule has 43 heavy (non-hydrogen) atoms. The first kappa shape index (κ1) is 24.4. The van der Waals surface area contributed by atoms with Crippen LogP contribution in [0.2, 0.25) is 0 Å². The molecule has 1 aromatic heterocycles. The summed E-state index contributed by atoms with van der Waals surface area (Å²) in [6.07, 6.45) is 0. The molecule has 1 atom stereocenters. The van der Waals surface area contributed by atoms with Gasteiger partial charge in [0.05, 0.1) is 22.0 Å². The van der Waals surface area contributed by atoms with E-state index in [0.29, 0.717) is 0 Å². The molecule has 0 fully saturated rings. The zero-order chi connectivity index (χ0) is 28.5. The highest BCUT2D eigenvalue weighted by Gasteiger charge is 2.44. The maximum atomic E-state index is 16.3. The third-order valence-electron chi connectivity index (χ3n) is 8.98. The lowest BCUT2D eigenvalue weighted by atomic mass is 10.00. The van der Waals surface area contributed by atoms with Gasteiger partial charge in [0.15, 0.2) is 7.14 Å². The van der Waals surface area contributed by atoms with Gasteiger partial charge >= 0.3 is 0 Å². The third kappa shape index (κ3) is 3.33. The number of rotatable bonds is 3. The SMILES string of the molecule is O=P1(c2ccccc2)c2c(ccc3ccccc23)-c2ccc3c4ccccc4n(-c4ccccc4-c4ccccc4)c3c21. The minimum absolute atomic E-state index is 0.868. The molecule has 0 bridgehead atoms. The zero-order valence-corrected chi connectivity index (χ0v) is 24.2. The van der Waals surface area contributed by atoms with Crippen LogP contribution in [-0.2, 0) is 4.57 Å². The second-order valence-electron chi connectivity index (χ2n) is 11.2. The fourth-order valence-corrected chi connectivity index (χ4v) is 10.6. The van der Waals surface area contributed by atoms with E-state index < -0.39 is 7.14 Å². The van der Waals surface area contributed by atoms with Crippen LogP contribution in [0.25, 0.3) is 60.5 Å². The van der Waals surface area contributed by atoms with Crippen LogP contribution in [0.1, 0.15) is 0 Å². The minimum atomic E-state index is -3.30. The number of benzene rings is 7. The van der Waals surface area contributed by atoms with E-state index in [2.05, 4.69) is 132 Å². The highest BCUT2D eigenvalue weighted by molar-refractivity contribution is 7.87. The van der Waals surface area contributed by atoms with Gasteiger partial charge < -0.3 is 9.13 Å². The lowest BCUT2D eigenvalue weighted by molar-refractivity contribution is 0.593. The molecule has 0 radical (unpaired) electrons. The fourth-order valence-electron chi connectivity index (χ4n) is 7.18. The highest BCUT2D eigenvalue weighted by atomic mass is 31.2. The molecule has 202 valence electrons. The van der Waals surface area contributed by atoms with Crippen molar-refractivity contribution in [2.24, 2.45) is 0 Å². The van der Waals surface area contributed by atoms with Crippen LogP contribution in [0.5, 0.6) is 0 Å². The van der Waals surface area contributed by atoms with Gasteiger partial charge in [0.25, 0.3) is 0 Å². The molecule has 9 rings (SSSR count). The third-order valence-corrected chi connectivity index (χ3v) is 12.2. The summed E-state index contributed by atoms with van der Waals surface area (Å²) in [4.78, 5) is 0. The molecular weight excluding hydrogens is 541 g/mol. The lowest BCUT2D eigenvalue weighted by Gasteiger charge is -2.20. The van der Waals surface area contributed by atoms with E-state index in [4.69, 9.17) is 0 Å². The van der Waals surface area contributed by atoms with Gasteiger partial charge in [-0.25, -0.2) is 0 Å². The molecular formula is C40H26NOP. The van der Waals surface area contributed by atoms with Crippen molar-refractivity contribution in [3.63, 3.8) is 0 Å². The van der Waals surface area contributed by atoms with Crippen LogP contribution in [0.3, 0.4) is 0 Å². The predicted octanol–water partition coefficient (Wildman–Crippen LogP) is 9.22. The average molecular weight is 568 g/mol. The Kier molecular flexibility index (Phi) is 5.21. The van der Waals surface area contributed by atoms with Crippen molar-refractivity contribution in [1.82, 2.24) is 4.57 Å². The van der Waals surface area contributed by atoms with Crippen molar-refractivity contribution in [3.05, 3.63) is 158 Å². The first-order valence-corrected chi connectivity index (χ1v) is 16.4. The zero-order valence-electron chi connectivity index (χ0n) is 23.3. The Bertz CT molecular complexity index is 2420. The van der Waals surface area contributed by atoms with Crippen molar-refractivity contribution in [2.75, 3.05) is 0 Å². The first-order chi connectivity index (χ1) is 21.2. The van der Waals surface area contributed by atoms with Crippen LogP contribution in [0, 0.1) is 0 Å². The molecule has 0 saturated carbocycles. The minimum Gasteiger partial charge on any atom is -0.308 e. The van der Waals surface area contributed by atoms with Gasteiger partial charge in [-0.3, -0.25) is 0 Å². The highest BCUT2D eigenvalue weighted by Crippen LogP contribution is 2.56. The van der Waals surface area contributed by atoms with Crippen molar-refractivity contribution >= 4 is 55.6 Å². The van der Waals surface area contributed by atoms with Crippen LogP contribution in [-0.4, -0.2) is 4.57 Å². The molecule has 1 aliphatic heterocycles. The summed E-state index contributed by atoms with van der Waals surface area (Å²) in [5.41, 5.74) is 7.62. The normalized spacial score (nSPS) is 15.6. The molecule has 1 unspecified atom stereocenters. The van der Waals surface area contributed by atoms with Crippen molar-refractivity contribution < 1.29 is 4.57 Å². The number of nitrogens with zero attached hydrogens (tertiary/aromatic N) is 1. The molecule has 2 heterocycles. The topological polar surface area (TPSA) is 22.0 Å². The Morgan fingerprint density at radius 1 is 0.442 bits per heavy atom. The Morgan fingerprint density at radius 2 is 1.07 bits per heavy atom. The van der Waals surface area contributed by atoms with Gasteiger partial charge in [0, 0.05) is 26.9 Å². The molecule has 0 saturated heterocycles. The average Bonchev–Trinajstić information content (AvgIpc) is 3.56. The standard InChI is InChI=1S/C40H26NOP/c42-43(29-16-5-2-6-17-29)39-31-19-8-7-15-28(31)23-24-34(39)35-26-25-33-32-20-10-12-22-37(32)41(38(33)40(35)43)36-21-11-9-18-30(36)27-13-3-1-4-14-27/h1-26H. The van der Waals surface area contributed by atoms with E-state index >= 15 is 4.57 Å². The molecule has 2 nitrogen and oxygen atoms in total. The van der Waals surface area contributed by atoms with E-state index in [9.17, 15) is 0 Å². The molecule has 1 aliphatic rings. The van der Waals surface area contributed by atoms with Crippen LogP contribution >= 0.6 is 7.14 Å². The van der Waals surface area contributed by atoms with E-state index in [-0.39, 0.29) is 0 Å². The molecule has 0 aliphatic carbocycles. The first-order valence-electron chi connectivity index (χ1n) is 14.6. The smallest absolute Gasteiger partial charge is 0.174 e. The fraction of sp³-hybridized carbons (Fsp3) is 0. The Balaban J connectivity index is 1.50. The molecule has 0 N–H and O–H groups in total. The van der Waals surface area contributed by atoms with Crippen LogP contribution < -0.4 is 15.9 Å². The second kappa shape index (κ2) is 9.16. The maximum Gasteiger partial charge on any atom is 0.174 e. The number of para-hydroxylation sites is 2. The number of fused-ring (bicyclic) bond motifs is 9. The van der Waals surface area contributed by atoms with Crippen LogP contribution in [0.4, 0.5) is 0 Å². The Labute approximate surface area is 249 Å². The van der Waals surface area contributed by atoms with Crippen LogP contribution in [0.15, 0.2) is 158 Å². The molecule has 8 aromatic rings. The summed E-state index contributed by atoms with van der Waals surface area (Å²) in [5, 5.41) is 7.19. The van der Waals surface area contributed by atoms with Gasteiger partial charge in [0.2, 0.25) is 0 Å². The predicted molar refractivity (Wildman–Crippen MR) is 182 cm³/mol. The largest absolute Gasteiger partial charge is 0.308 e. The van der Waals surface area contributed by atoms with Gasteiger partial charge in [-0.2, -0.15) is 0 Å². The van der Waals surface area contributed by atoms with Crippen molar-refractivity contribution in [3.8, 4) is 27.9 Å². The summed E-state index contributed by atoms with van der Waals surface area (Å²) in [5.74, 6) is 0. The van der Waals surface area contributed by atoms with Gasteiger partial charge in [-0.1, -0.05) is 146 Å². The molecule has 3 heteroatoms. The van der Waals surface area contributed by atoms with E-state index in [0.717, 1.165) is 76.4 Å². The number of hydrogen-bond acceptors (Lipinski definition) is 1. The second-order valence-corrected chi connectivity index (χ2v) is 13.9. The quantitative estimate of drug-likeness (QED) is 0.195. The molecule has 0 amide bonds. The summed E-state index contributed by atoms with van der Waals surface area (Å²) in [6.45, 7) is 0. The summed E-state index contributed by atoms with van der Waals surface area (Å²) in [6, 6.07) is 55.0. The number of hydrogen-bond donors (Lipinski definition) is 0. The van der Waals surface area contributed by atoms with Crippen molar-refractivity contribution in [1.29, 1.82) is 0 Å². The molecule has 0 spiro atoms. The number of aromatic nitrogens is 1. The van der Waals surface area contributed by atoms with Crippen molar-refractivity contribution in [2.45, 2.75) is 0 Å². The lowest BCUT2D eigenvalue weighted by Crippen LogP contribution is -2.23.